The van der Waals surface area contributed by atoms with Crippen LogP contribution >= 0.6 is 11.8 Å². The van der Waals surface area contributed by atoms with E-state index < -0.39 is 0 Å². The highest BCUT2D eigenvalue weighted by atomic mass is 32.2. The molecule has 1 aromatic rings. The van der Waals surface area contributed by atoms with Gasteiger partial charge in [0.25, 0.3) is 0 Å². The number of benzene rings is 1. The summed E-state index contributed by atoms with van der Waals surface area (Å²) in [6.07, 6.45) is 0. The first-order chi connectivity index (χ1) is 8.67. The van der Waals surface area contributed by atoms with E-state index in [-0.39, 0.29) is 5.91 Å². The topological polar surface area (TPSA) is 46.3 Å². The third-order valence-electron chi connectivity index (χ3n) is 2.93. The molecule has 0 aliphatic heterocycles. The molecule has 0 bridgehead atoms. The molecule has 0 unspecified atom stereocenters. The van der Waals surface area contributed by atoms with Crippen molar-refractivity contribution in [3.8, 4) is 0 Å². The van der Waals surface area contributed by atoms with Gasteiger partial charge in [0.15, 0.2) is 0 Å². The number of hydrogen-bond donors (Lipinski definition) is 1. The monoisotopic (exact) mass is 266 g/mol. The molecule has 0 saturated carbocycles. The Morgan fingerprint density at radius 3 is 2.67 bits per heavy atom. The molecular formula is C14H22N2OS. The molecule has 100 valence electrons. The zero-order valence-electron chi connectivity index (χ0n) is 11.2. The van der Waals surface area contributed by atoms with Crippen molar-refractivity contribution >= 4 is 17.7 Å². The minimum absolute atomic E-state index is 0.356. The lowest BCUT2D eigenvalue weighted by Crippen LogP contribution is -2.25. The summed E-state index contributed by atoms with van der Waals surface area (Å²) in [7, 11) is 0. The Balaban J connectivity index is 2.35. The molecule has 0 aliphatic carbocycles. The molecule has 1 aromatic carbocycles. The maximum absolute atomic E-state index is 11.1. The van der Waals surface area contributed by atoms with Gasteiger partial charge in [0.1, 0.15) is 0 Å². The van der Waals surface area contributed by atoms with Crippen molar-refractivity contribution < 1.29 is 4.79 Å². The Kier molecular flexibility index (Phi) is 6.83. The lowest BCUT2D eigenvalue weighted by atomic mass is 10.1. The molecule has 3 nitrogen and oxygen atoms in total. The second kappa shape index (κ2) is 8.16. The first-order valence-corrected chi connectivity index (χ1v) is 7.51. The van der Waals surface area contributed by atoms with Gasteiger partial charge in [0.05, 0.1) is 0 Å². The molecule has 0 radical (unpaired) electrons. The largest absolute Gasteiger partial charge is 0.366 e. The second-order valence-corrected chi connectivity index (χ2v) is 5.25. The molecule has 1 amide bonds. The van der Waals surface area contributed by atoms with Gasteiger partial charge in [-0.25, -0.2) is 0 Å². The van der Waals surface area contributed by atoms with Crippen LogP contribution in [0.4, 0.5) is 0 Å². The number of carbonyl (C=O) groups is 1. The third kappa shape index (κ3) is 5.10. The van der Waals surface area contributed by atoms with Crippen LogP contribution < -0.4 is 5.73 Å². The fraction of sp³-hybridized carbons (Fsp3) is 0.500. The molecule has 18 heavy (non-hydrogen) atoms. The van der Waals surface area contributed by atoms with Gasteiger partial charge in [-0.3, -0.25) is 4.79 Å². The Morgan fingerprint density at radius 1 is 1.33 bits per heavy atom. The molecule has 0 saturated heterocycles. The number of amides is 1. The van der Waals surface area contributed by atoms with Gasteiger partial charge in [-0.15, -0.1) is 0 Å². The highest BCUT2D eigenvalue weighted by Gasteiger charge is 2.02. The Hall–Kier alpha value is -1.00. The van der Waals surface area contributed by atoms with Gasteiger partial charge in [-0.2, -0.15) is 11.8 Å². The maximum Gasteiger partial charge on any atom is 0.248 e. The van der Waals surface area contributed by atoms with Crippen molar-refractivity contribution in [1.82, 2.24) is 4.90 Å². The van der Waals surface area contributed by atoms with E-state index in [4.69, 9.17) is 5.73 Å². The van der Waals surface area contributed by atoms with E-state index in [2.05, 4.69) is 18.7 Å². The predicted molar refractivity (Wildman–Crippen MR) is 78.9 cm³/mol. The summed E-state index contributed by atoms with van der Waals surface area (Å²) in [4.78, 5) is 13.5. The van der Waals surface area contributed by atoms with Crippen molar-refractivity contribution in [3.05, 3.63) is 35.4 Å². The van der Waals surface area contributed by atoms with Gasteiger partial charge in [-0.05, 0) is 30.8 Å². The van der Waals surface area contributed by atoms with Crippen molar-refractivity contribution in [2.45, 2.75) is 19.6 Å². The van der Waals surface area contributed by atoms with E-state index >= 15 is 0 Å². The number of nitrogens with zero attached hydrogens (tertiary/aromatic N) is 1. The Morgan fingerprint density at radius 2 is 2.06 bits per heavy atom. The number of rotatable bonds is 8. The minimum Gasteiger partial charge on any atom is -0.366 e. The lowest BCUT2D eigenvalue weighted by molar-refractivity contribution is 0.1000. The van der Waals surface area contributed by atoms with Gasteiger partial charge in [-0.1, -0.05) is 26.0 Å². The van der Waals surface area contributed by atoms with Crippen LogP contribution in [0.3, 0.4) is 0 Å². The average molecular weight is 266 g/mol. The van der Waals surface area contributed by atoms with Crippen LogP contribution in [-0.2, 0) is 5.75 Å². The maximum atomic E-state index is 11.1. The molecule has 1 rings (SSSR count). The van der Waals surface area contributed by atoms with Crippen molar-refractivity contribution in [2.75, 3.05) is 25.4 Å². The number of nitrogens with two attached hydrogens (primary N) is 1. The van der Waals surface area contributed by atoms with Crippen LogP contribution in [0.2, 0.25) is 0 Å². The highest BCUT2D eigenvalue weighted by molar-refractivity contribution is 7.98. The summed E-state index contributed by atoms with van der Waals surface area (Å²) in [6, 6.07) is 7.57. The summed E-state index contributed by atoms with van der Waals surface area (Å²) in [6.45, 7) is 7.70. The minimum atomic E-state index is -0.356. The summed E-state index contributed by atoms with van der Waals surface area (Å²) in [5.74, 6) is 1.69. The van der Waals surface area contributed by atoms with Crippen molar-refractivity contribution in [2.24, 2.45) is 5.73 Å². The second-order valence-electron chi connectivity index (χ2n) is 4.14. The summed E-state index contributed by atoms with van der Waals surface area (Å²) < 4.78 is 0. The van der Waals surface area contributed by atoms with Crippen molar-refractivity contribution in [3.63, 3.8) is 0 Å². The van der Waals surface area contributed by atoms with E-state index in [9.17, 15) is 4.79 Å². The highest BCUT2D eigenvalue weighted by Crippen LogP contribution is 2.13. The van der Waals surface area contributed by atoms with E-state index in [0.717, 1.165) is 36.7 Å². The molecule has 0 aliphatic rings. The molecule has 0 atom stereocenters. The first kappa shape index (κ1) is 15.1. The summed E-state index contributed by atoms with van der Waals surface area (Å²) >= 11 is 1.89. The zero-order valence-corrected chi connectivity index (χ0v) is 12.0. The van der Waals surface area contributed by atoms with Crippen LogP contribution in [-0.4, -0.2) is 36.2 Å². The number of hydrogen-bond acceptors (Lipinski definition) is 3. The zero-order chi connectivity index (χ0) is 13.4. The van der Waals surface area contributed by atoms with Crippen LogP contribution in [0, 0.1) is 0 Å². The van der Waals surface area contributed by atoms with E-state index in [0.29, 0.717) is 5.56 Å². The fourth-order valence-electron chi connectivity index (χ4n) is 1.74. The molecule has 0 aromatic heterocycles. The van der Waals surface area contributed by atoms with E-state index in [1.807, 2.05) is 30.0 Å². The fourth-order valence-corrected chi connectivity index (χ4v) is 2.68. The first-order valence-electron chi connectivity index (χ1n) is 6.36. The van der Waals surface area contributed by atoms with Crippen LogP contribution in [0.15, 0.2) is 24.3 Å². The third-order valence-corrected chi connectivity index (χ3v) is 3.94. The van der Waals surface area contributed by atoms with Gasteiger partial charge >= 0.3 is 0 Å². The SMILES string of the molecule is CCN(CC)CCSCc1cccc(C(N)=O)c1. The van der Waals surface area contributed by atoms with Crippen LogP contribution in [0.1, 0.15) is 29.8 Å². The smallest absolute Gasteiger partial charge is 0.248 e. The Labute approximate surface area is 114 Å². The molecule has 0 spiro atoms. The quantitative estimate of drug-likeness (QED) is 0.735. The average Bonchev–Trinajstić information content (AvgIpc) is 2.39. The van der Waals surface area contributed by atoms with Gasteiger partial charge in [0, 0.05) is 23.6 Å². The molecular weight excluding hydrogens is 244 g/mol. The van der Waals surface area contributed by atoms with Crippen LogP contribution in [0.25, 0.3) is 0 Å². The standard InChI is InChI=1S/C14H22N2OS/c1-3-16(4-2)8-9-18-11-12-6-5-7-13(10-12)14(15)17/h5-7,10H,3-4,8-9,11H2,1-2H3,(H2,15,17). The lowest BCUT2D eigenvalue weighted by Gasteiger charge is -2.17. The van der Waals surface area contributed by atoms with E-state index in [1.165, 1.54) is 0 Å². The predicted octanol–water partition coefficient (Wildman–Crippen LogP) is 2.36. The van der Waals surface area contributed by atoms with E-state index in [1.54, 1.807) is 6.07 Å². The van der Waals surface area contributed by atoms with Crippen LogP contribution in [0.5, 0.6) is 0 Å². The molecule has 2 N–H and O–H groups in total. The summed E-state index contributed by atoms with van der Waals surface area (Å²) in [5, 5.41) is 0. The molecule has 0 fully saturated rings. The van der Waals surface area contributed by atoms with Crippen molar-refractivity contribution in [1.29, 1.82) is 0 Å². The number of primary amides is 1. The normalized spacial score (nSPS) is 10.8. The van der Waals surface area contributed by atoms with Gasteiger partial charge < -0.3 is 10.6 Å². The number of thioether (sulfide) groups is 1. The molecule has 4 heteroatoms. The summed E-state index contributed by atoms with van der Waals surface area (Å²) in [5.41, 5.74) is 7.02. The molecule has 0 heterocycles. The Bertz CT molecular complexity index is 378. The van der Waals surface area contributed by atoms with Gasteiger partial charge in [0.2, 0.25) is 5.91 Å². The number of carbonyl (C=O) groups excluding carboxylic acids is 1.